The van der Waals surface area contributed by atoms with E-state index in [1.54, 1.807) is 36.4 Å². The second-order valence-electron chi connectivity index (χ2n) is 5.04. The molecule has 0 atom stereocenters. The minimum atomic E-state index is -2.07. The molecular weight excluding hydrogens is 389 g/mol. The summed E-state index contributed by atoms with van der Waals surface area (Å²) in [6.45, 7) is 0. The Kier molecular flexibility index (Phi) is 4.69. The summed E-state index contributed by atoms with van der Waals surface area (Å²) in [5.41, 5.74) is 2.72. The zero-order chi connectivity index (χ0) is 18.2. The first-order valence-electron chi connectivity index (χ1n) is 6.96. The van der Waals surface area contributed by atoms with Crippen molar-refractivity contribution in [3.63, 3.8) is 0 Å². The van der Waals surface area contributed by atoms with Crippen molar-refractivity contribution in [2.24, 2.45) is 0 Å². The van der Waals surface area contributed by atoms with E-state index in [9.17, 15) is 9.59 Å². The van der Waals surface area contributed by atoms with Crippen LogP contribution in [0.25, 0.3) is 22.1 Å². The minimum Gasteiger partial charge on any atom is -0.465 e. The number of carbonyl (C=O) groups excluding carboxylic acids is 2. The zero-order valence-electron chi connectivity index (χ0n) is 12.7. The van der Waals surface area contributed by atoms with E-state index >= 15 is 0 Å². The molecule has 25 heavy (non-hydrogen) atoms. The number of nitrogens with zero attached hydrogens (tertiary/aromatic N) is 2. The number of benzene rings is 2. The molecule has 3 rings (SSSR count). The first-order valence-corrected chi connectivity index (χ1v) is 8.10. The van der Waals surface area contributed by atoms with Gasteiger partial charge in [-0.05, 0) is 30.3 Å². The third-order valence-electron chi connectivity index (χ3n) is 3.38. The standard InChI is InChI=1S/C16H10Cl3N3O3/c1-25-14(23)9-3-2-4-11-13(9)22-10-6-5-8(7-12(10)21-11)20-15(24)16(17,18)19/h2-7H,1H3,(H,20,24). The van der Waals surface area contributed by atoms with Crippen LogP contribution in [0.15, 0.2) is 36.4 Å². The topological polar surface area (TPSA) is 81.2 Å². The van der Waals surface area contributed by atoms with Crippen LogP contribution in [0, 0.1) is 0 Å². The molecule has 0 unspecified atom stereocenters. The maximum atomic E-state index is 11.9. The van der Waals surface area contributed by atoms with Gasteiger partial charge < -0.3 is 10.1 Å². The van der Waals surface area contributed by atoms with E-state index < -0.39 is 15.7 Å². The molecule has 6 nitrogen and oxygen atoms in total. The molecule has 0 aliphatic rings. The van der Waals surface area contributed by atoms with Crippen molar-refractivity contribution in [3.05, 3.63) is 42.0 Å². The van der Waals surface area contributed by atoms with Gasteiger partial charge in [-0.2, -0.15) is 0 Å². The molecule has 1 heterocycles. The quantitative estimate of drug-likeness (QED) is 0.402. The number of hydrogen-bond acceptors (Lipinski definition) is 5. The molecular formula is C16H10Cl3N3O3. The Balaban J connectivity index is 2.08. The number of para-hydroxylation sites is 1. The summed E-state index contributed by atoms with van der Waals surface area (Å²) >= 11 is 16.6. The van der Waals surface area contributed by atoms with Gasteiger partial charge in [-0.15, -0.1) is 0 Å². The van der Waals surface area contributed by atoms with Gasteiger partial charge in [0.1, 0.15) is 5.52 Å². The molecule has 1 N–H and O–H groups in total. The Morgan fingerprint density at radius 2 is 1.80 bits per heavy atom. The maximum absolute atomic E-state index is 11.9. The van der Waals surface area contributed by atoms with E-state index in [0.717, 1.165) is 0 Å². The van der Waals surface area contributed by atoms with E-state index in [2.05, 4.69) is 15.3 Å². The number of methoxy groups -OCH3 is 1. The van der Waals surface area contributed by atoms with E-state index in [1.165, 1.54) is 7.11 Å². The number of esters is 1. The van der Waals surface area contributed by atoms with Crippen LogP contribution >= 0.6 is 34.8 Å². The van der Waals surface area contributed by atoms with Crippen molar-refractivity contribution in [3.8, 4) is 0 Å². The molecule has 0 spiro atoms. The number of halogens is 3. The highest BCUT2D eigenvalue weighted by molar-refractivity contribution is 6.76. The second kappa shape index (κ2) is 6.63. The average molecular weight is 399 g/mol. The zero-order valence-corrected chi connectivity index (χ0v) is 15.0. The van der Waals surface area contributed by atoms with Crippen LogP contribution < -0.4 is 5.32 Å². The number of hydrogen-bond donors (Lipinski definition) is 1. The van der Waals surface area contributed by atoms with Gasteiger partial charge in [0.2, 0.25) is 0 Å². The van der Waals surface area contributed by atoms with Crippen LogP contribution in [0.2, 0.25) is 0 Å². The third kappa shape index (κ3) is 3.61. The van der Waals surface area contributed by atoms with E-state index in [-0.39, 0.29) is 0 Å². The lowest BCUT2D eigenvalue weighted by atomic mass is 10.1. The molecule has 0 saturated heterocycles. The Labute approximate surface area is 157 Å². The number of aromatic nitrogens is 2. The number of fused-ring (bicyclic) bond motifs is 2. The summed E-state index contributed by atoms with van der Waals surface area (Å²) in [7, 11) is 1.30. The fourth-order valence-electron chi connectivity index (χ4n) is 2.25. The number of anilines is 1. The van der Waals surface area contributed by atoms with Gasteiger partial charge in [0.25, 0.3) is 9.70 Å². The molecule has 0 saturated carbocycles. The highest BCUT2D eigenvalue weighted by atomic mass is 35.6. The summed E-state index contributed by atoms with van der Waals surface area (Å²) in [4.78, 5) is 32.5. The minimum absolute atomic E-state index is 0.322. The molecule has 0 fully saturated rings. The molecule has 0 aliphatic heterocycles. The number of carbonyl (C=O) groups is 2. The van der Waals surface area contributed by atoms with Crippen molar-refractivity contribution in [2.75, 3.05) is 12.4 Å². The van der Waals surface area contributed by atoms with Crippen molar-refractivity contribution < 1.29 is 14.3 Å². The van der Waals surface area contributed by atoms with Crippen molar-refractivity contribution >= 4 is 74.4 Å². The summed E-state index contributed by atoms with van der Waals surface area (Å²) in [5, 5.41) is 2.48. The lowest BCUT2D eigenvalue weighted by Crippen LogP contribution is -2.26. The number of alkyl halides is 3. The molecule has 128 valence electrons. The van der Waals surface area contributed by atoms with Gasteiger partial charge >= 0.3 is 5.97 Å². The molecule has 1 amide bonds. The van der Waals surface area contributed by atoms with Crippen LogP contribution in [0.4, 0.5) is 5.69 Å². The van der Waals surface area contributed by atoms with Gasteiger partial charge in [-0.1, -0.05) is 40.9 Å². The average Bonchev–Trinajstić information content (AvgIpc) is 2.57. The first-order chi connectivity index (χ1) is 11.8. The molecule has 0 radical (unpaired) electrons. The highest BCUT2D eigenvalue weighted by Gasteiger charge is 2.30. The van der Waals surface area contributed by atoms with Gasteiger partial charge in [0.15, 0.2) is 0 Å². The van der Waals surface area contributed by atoms with Crippen molar-refractivity contribution in [1.29, 1.82) is 0 Å². The smallest absolute Gasteiger partial charge is 0.340 e. The summed E-state index contributed by atoms with van der Waals surface area (Å²) in [6.07, 6.45) is 0. The van der Waals surface area contributed by atoms with Crippen LogP contribution in [-0.2, 0) is 9.53 Å². The van der Waals surface area contributed by atoms with Crippen LogP contribution in [0.1, 0.15) is 10.4 Å². The number of nitrogens with one attached hydrogen (secondary N) is 1. The van der Waals surface area contributed by atoms with E-state index in [1.807, 2.05) is 0 Å². The first kappa shape index (κ1) is 17.7. The van der Waals surface area contributed by atoms with Gasteiger partial charge in [-0.3, -0.25) is 4.79 Å². The molecule has 1 aromatic heterocycles. The molecule has 0 bridgehead atoms. The third-order valence-corrected chi connectivity index (χ3v) is 3.90. The van der Waals surface area contributed by atoms with Gasteiger partial charge in [0, 0.05) is 5.69 Å². The normalized spacial score (nSPS) is 11.5. The molecule has 2 aromatic carbocycles. The Bertz CT molecular complexity index is 1000. The number of amides is 1. The maximum Gasteiger partial charge on any atom is 0.340 e. The predicted molar refractivity (Wildman–Crippen MR) is 97.3 cm³/mol. The second-order valence-corrected chi connectivity index (χ2v) is 7.33. The van der Waals surface area contributed by atoms with E-state index in [4.69, 9.17) is 39.5 Å². The Hall–Kier alpha value is -2.15. The lowest BCUT2D eigenvalue weighted by molar-refractivity contribution is -0.115. The fourth-order valence-corrected chi connectivity index (χ4v) is 2.39. The van der Waals surface area contributed by atoms with Crippen LogP contribution in [0.5, 0.6) is 0 Å². The van der Waals surface area contributed by atoms with Gasteiger partial charge in [-0.25, -0.2) is 14.8 Å². The molecule has 9 heteroatoms. The van der Waals surface area contributed by atoms with Crippen molar-refractivity contribution in [2.45, 2.75) is 3.79 Å². The number of ether oxygens (including phenoxy) is 1. The Morgan fingerprint density at radius 1 is 1.04 bits per heavy atom. The highest BCUT2D eigenvalue weighted by Crippen LogP contribution is 2.28. The fraction of sp³-hybridized carbons (Fsp3) is 0.125. The lowest BCUT2D eigenvalue weighted by Gasteiger charge is -2.12. The largest absolute Gasteiger partial charge is 0.465 e. The number of rotatable bonds is 2. The van der Waals surface area contributed by atoms with Gasteiger partial charge in [0.05, 0.1) is 29.2 Å². The summed E-state index contributed by atoms with van der Waals surface area (Å²) in [6, 6.07) is 9.86. The Morgan fingerprint density at radius 3 is 2.48 bits per heavy atom. The predicted octanol–water partition coefficient (Wildman–Crippen LogP) is 3.88. The summed E-state index contributed by atoms with van der Waals surface area (Å²) < 4.78 is 2.69. The van der Waals surface area contributed by atoms with Crippen LogP contribution in [-0.4, -0.2) is 32.7 Å². The monoisotopic (exact) mass is 397 g/mol. The van der Waals surface area contributed by atoms with Crippen molar-refractivity contribution in [1.82, 2.24) is 9.97 Å². The van der Waals surface area contributed by atoms with Crippen LogP contribution in [0.3, 0.4) is 0 Å². The molecule has 0 aliphatic carbocycles. The van der Waals surface area contributed by atoms with E-state index in [0.29, 0.717) is 33.3 Å². The summed E-state index contributed by atoms with van der Waals surface area (Å²) in [5.74, 6) is -1.27. The molecule has 3 aromatic rings. The SMILES string of the molecule is COC(=O)c1cccc2nc3cc(NC(=O)C(Cl)(Cl)Cl)ccc3nc12.